The van der Waals surface area contributed by atoms with Crippen LogP contribution in [-0.2, 0) is 21.2 Å². The first kappa shape index (κ1) is 20.9. The lowest BCUT2D eigenvalue weighted by Gasteiger charge is -2.20. The van der Waals surface area contributed by atoms with E-state index in [0.717, 1.165) is 28.7 Å². The van der Waals surface area contributed by atoms with Crippen LogP contribution in [0.15, 0.2) is 42.5 Å². The SMILES string of the molecule is COc1ccc(CCN(CC(=O)Nc2cccc(C)c2C)S(C)(=O)=O)cc1. The number of hydrogen-bond acceptors (Lipinski definition) is 4. The van der Waals surface area contributed by atoms with Gasteiger partial charge in [-0.25, -0.2) is 8.42 Å². The quantitative estimate of drug-likeness (QED) is 0.752. The van der Waals surface area contributed by atoms with E-state index in [1.807, 2.05) is 56.3 Å². The van der Waals surface area contributed by atoms with Crippen LogP contribution < -0.4 is 10.1 Å². The van der Waals surface area contributed by atoms with Crippen LogP contribution in [0.4, 0.5) is 5.69 Å². The van der Waals surface area contributed by atoms with Crippen molar-refractivity contribution in [2.45, 2.75) is 20.3 Å². The van der Waals surface area contributed by atoms with Gasteiger partial charge in [0.05, 0.1) is 19.9 Å². The molecule has 0 bridgehead atoms. The number of nitrogens with zero attached hydrogens (tertiary/aromatic N) is 1. The summed E-state index contributed by atoms with van der Waals surface area (Å²) in [6.07, 6.45) is 1.63. The van der Waals surface area contributed by atoms with Crippen LogP contribution >= 0.6 is 0 Å². The van der Waals surface area contributed by atoms with Crippen molar-refractivity contribution < 1.29 is 17.9 Å². The third-order valence-electron chi connectivity index (χ3n) is 4.48. The number of sulfonamides is 1. The summed E-state index contributed by atoms with van der Waals surface area (Å²) in [5.74, 6) is 0.385. The van der Waals surface area contributed by atoms with E-state index in [4.69, 9.17) is 4.74 Å². The number of carbonyl (C=O) groups excluding carboxylic acids is 1. The molecule has 0 aliphatic heterocycles. The molecule has 0 fully saturated rings. The van der Waals surface area contributed by atoms with Crippen molar-refractivity contribution in [3.8, 4) is 5.75 Å². The molecule has 0 heterocycles. The molecule has 0 saturated carbocycles. The van der Waals surface area contributed by atoms with Crippen molar-refractivity contribution in [3.05, 3.63) is 59.2 Å². The van der Waals surface area contributed by atoms with Crippen molar-refractivity contribution in [2.24, 2.45) is 0 Å². The Morgan fingerprint density at radius 1 is 1.11 bits per heavy atom. The van der Waals surface area contributed by atoms with E-state index in [9.17, 15) is 13.2 Å². The molecule has 1 N–H and O–H groups in total. The minimum atomic E-state index is -3.51. The maximum atomic E-state index is 12.4. The summed E-state index contributed by atoms with van der Waals surface area (Å²) < 4.78 is 30.5. The van der Waals surface area contributed by atoms with Crippen molar-refractivity contribution in [1.29, 1.82) is 0 Å². The molecule has 2 aromatic rings. The fraction of sp³-hybridized carbons (Fsp3) is 0.350. The zero-order chi connectivity index (χ0) is 20.0. The Labute approximate surface area is 161 Å². The number of amides is 1. The molecule has 0 saturated heterocycles. The van der Waals surface area contributed by atoms with Gasteiger partial charge in [-0.05, 0) is 55.2 Å². The van der Waals surface area contributed by atoms with Crippen LogP contribution in [0.3, 0.4) is 0 Å². The van der Waals surface area contributed by atoms with Crippen LogP contribution in [0.25, 0.3) is 0 Å². The Kier molecular flexibility index (Phi) is 6.98. The number of methoxy groups -OCH3 is 1. The molecule has 27 heavy (non-hydrogen) atoms. The monoisotopic (exact) mass is 390 g/mol. The average Bonchev–Trinajstić information content (AvgIpc) is 2.62. The number of aryl methyl sites for hydroxylation is 1. The highest BCUT2D eigenvalue weighted by Crippen LogP contribution is 2.18. The molecule has 0 aliphatic carbocycles. The van der Waals surface area contributed by atoms with E-state index in [-0.39, 0.29) is 19.0 Å². The Hall–Kier alpha value is -2.38. The van der Waals surface area contributed by atoms with Crippen molar-refractivity contribution in [2.75, 3.05) is 31.8 Å². The highest BCUT2D eigenvalue weighted by molar-refractivity contribution is 7.88. The molecule has 146 valence electrons. The molecule has 1 amide bonds. The Balaban J connectivity index is 2.03. The van der Waals surface area contributed by atoms with E-state index in [0.29, 0.717) is 12.1 Å². The largest absolute Gasteiger partial charge is 0.497 e. The molecule has 0 aromatic heterocycles. The summed E-state index contributed by atoms with van der Waals surface area (Å²) in [4.78, 5) is 12.4. The lowest BCUT2D eigenvalue weighted by Crippen LogP contribution is -2.38. The van der Waals surface area contributed by atoms with Crippen molar-refractivity contribution in [3.63, 3.8) is 0 Å². The molecule has 0 radical (unpaired) electrons. The van der Waals surface area contributed by atoms with E-state index in [1.165, 1.54) is 4.31 Å². The molecule has 0 unspecified atom stereocenters. The Bertz CT molecular complexity index is 893. The van der Waals surface area contributed by atoms with Crippen molar-refractivity contribution in [1.82, 2.24) is 4.31 Å². The fourth-order valence-electron chi connectivity index (χ4n) is 2.64. The van der Waals surface area contributed by atoms with E-state index in [1.54, 1.807) is 7.11 Å². The normalized spacial score (nSPS) is 11.4. The maximum absolute atomic E-state index is 12.4. The van der Waals surface area contributed by atoms with Crippen LogP contribution in [0, 0.1) is 13.8 Å². The number of ether oxygens (including phenoxy) is 1. The summed E-state index contributed by atoms with van der Waals surface area (Å²) >= 11 is 0. The van der Waals surface area contributed by atoms with Gasteiger partial charge in [0.25, 0.3) is 0 Å². The van der Waals surface area contributed by atoms with Gasteiger partial charge < -0.3 is 10.1 Å². The Morgan fingerprint density at radius 3 is 2.37 bits per heavy atom. The first-order valence-corrected chi connectivity index (χ1v) is 10.5. The number of anilines is 1. The summed E-state index contributed by atoms with van der Waals surface area (Å²) in [5, 5.41) is 2.81. The third kappa shape index (κ3) is 6.08. The first-order chi connectivity index (χ1) is 12.7. The first-order valence-electron chi connectivity index (χ1n) is 8.65. The standard InChI is InChI=1S/C20H26N2O4S/c1-15-6-5-7-19(16(15)2)21-20(23)14-22(27(4,24)25)13-12-17-8-10-18(26-3)11-9-17/h5-11H,12-14H2,1-4H3,(H,21,23). The third-order valence-corrected chi connectivity index (χ3v) is 5.73. The van der Waals surface area contributed by atoms with Gasteiger partial charge in [-0.3, -0.25) is 4.79 Å². The molecular formula is C20H26N2O4S. The number of nitrogens with one attached hydrogen (secondary N) is 1. The highest BCUT2D eigenvalue weighted by Gasteiger charge is 2.20. The zero-order valence-electron chi connectivity index (χ0n) is 16.2. The molecule has 0 spiro atoms. The van der Waals surface area contributed by atoms with Gasteiger partial charge in [0.1, 0.15) is 5.75 Å². The van der Waals surface area contributed by atoms with E-state index in [2.05, 4.69) is 5.32 Å². The second-order valence-electron chi connectivity index (χ2n) is 6.49. The minimum absolute atomic E-state index is 0.220. The summed E-state index contributed by atoms with van der Waals surface area (Å²) in [6, 6.07) is 13.0. The number of rotatable bonds is 8. The number of benzene rings is 2. The van der Waals surface area contributed by atoms with Gasteiger partial charge in [0, 0.05) is 12.2 Å². The highest BCUT2D eigenvalue weighted by atomic mass is 32.2. The molecule has 2 aromatic carbocycles. The van der Waals surface area contributed by atoms with Crippen molar-refractivity contribution >= 4 is 21.6 Å². The second-order valence-corrected chi connectivity index (χ2v) is 8.47. The summed E-state index contributed by atoms with van der Waals surface area (Å²) in [7, 11) is -1.91. The van der Waals surface area contributed by atoms with Gasteiger partial charge in [-0.1, -0.05) is 24.3 Å². The smallest absolute Gasteiger partial charge is 0.239 e. The zero-order valence-corrected chi connectivity index (χ0v) is 17.0. The average molecular weight is 391 g/mol. The van der Waals surface area contributed by atoms with Crippen LogP contribution in [0.2, 0.25) is 0 Å². The summed E-state index contributed by atoms with van der Waals surface area (Å²) in [6.45, 7) is 3.89. The molecule has 2 rings (SSSR count). The molecule has 0 atom stereocenters. The molecular weight excluding hydrogens is 364 g/mol. The minimum Gasteiger partial charge on any atom is -0.497 e. The summed E-state index contributed by atoms with van der Waals surface area (Å²) in [5.41, 5.74) is 3.70. The van der Waals surface area contributed by atoms with Gasteiger partial charge in [0.2, 0.25) is 15.9 Å². The van der Waals surface area contributed by atoms with E-state index >= 15 is 0 Å². The molecule has 6 nitrogen and oxygen atoms in total. The lowest BCUT2D eigenvalue weighted by atomic mass is 10.1. The number of hydrogen-bond donors (Lipinski definition) is 1. The van der Waals surface area contributed by atoms with Gasteiger partial charge >= 0.3 is 0 Å². The van der Waals surface area contributed by atoms with Gasteiger partial charge in [0.15, 0.2) is 0 Å². The lowest BCUT2D eigenvalue weighted by molar-refractivity contribution is -0.116. The van der Waals surface area contributed by atoms with Crippen LogP contribution in [-0.4, -0.2) is 45.1 Å². The predicted octanol–water partition coefficient (Wildman–Crippen LogP) is 2.75. The number of carbonyl (C=O) groups is 1. The predicted molar refractivity (Wildman–Crippen MR) is 108 cm³/mol. The topological polar surface area (TPSA) is 75.7 Å². The van der Waals surface area contributed by atoms with Crippen LogP contribution in [0.5, 0.6) is 5.75 Å². The molecule has 7 heteroatoms. The van der Waals surface area contributed by atoms with Gasteiger partial charge in [-0.15, -0.1) is 0 Å². The fourth-order valence-corrected chi connectivity index (χ4v) is 3.42. The maximum Gasteiger partial charge on any atom is 0.239 e. The van der Waals surface area contributed by atoms with Crippen LogP contribution in [0.1, 0.15) is 16.7 Å². The molecule has 0 aliphatic rings. The second kappa shape index (κ2) is 9.01. The van der Waals surface area contributed by atoms with E-state index < -0.39 is 10.0 Å². The Morgan fingerprint density at radius 2 is 1.78 bits per heavy atom. The van der Waals surface area contributed by atoms with Gasteiger partial charge in [-0.2, -0.15) is 4.31 Å².